The van der Waals surface area contributed by atoms with Gasteiger partial charge in [-0.2, -0.15) is 0 Å². The molecule has 0 saturated carbocycles. The summed E-state index contributed by atoms with van der Waals surface area (Å²) in [5.74, 6) is -1.80. The first kappa shape index (κ1) is 25.9. The minimum absolute atomic E-state index is 0.0277. The van der Waals surface area contributed by atoms with Gasteiger partial charge >= 0.3 is 24.1 Å². The van der Waals surface area contributed by atoms with Gasteiger partial charge in [0.05, 0.1) is 0 Å². The van der Waals surface area contributed by atoms with Crippen molar-refractivity contribution in [2.45, 2.75) is 65.7 Å². The van der Waals surface area contributed by atoms with Gasteiger partial charge in [-0.25, -0.2) is 4.79 Å². The molecular formula is C21H29NO9. The summed E-state index contributed by atoms with van der Waals surface area (Å²) in [7, 11) is 0. The highest BCUT2D eigenvalue weighted by atomic mass is 16.7. The summed E-state index contributed by atoms with van der Waals surface area (Å²) >= 11 is 0. The number of benzene rings is 1. The molecule has 0 bridgehead atoms. The Hall–Kier alpha value is -3.14. The van der Waals surface area contributed by atoms with Gasteiger partial charge < -0.3 is 29.4 Å². The van der Waals surface area contributed by atoms with Crippen LogP contribution < -0.4 is 15.2 Å². The number of carbonyl (C=O) groups excluding carboxylic acids is 4. The normalized spacial score (nSPS) is 12.9. The smallest absolute Gasteiger partial charge is 0.458 e. The second-order valence-corrected chi connectivity index (χ2v) is 7.80. The highest BCUT2D eigenvalue weighted by molar-refractivity contribution is 5.76. The molecule has 0 saturated heterocycles. The highest BCUT2D eigenvalue weighted by Crippen LogP contribution is 2.29. The topological polar surface area (TPSA) is 140 Å². The van der Waals surface area contributed by atoms with Gasteiger partial charge in [0, 0.05) is 13.8 Å². The number of esters is 3. The summed E-state index contributed by atoms with van der Waals surface area (Å²) in [6.07, 6.45) is -1.55. The Morgan fingerprint density at radius 1 is 1.00 bits per heavy atom. The summed E-state index contributed by atoms with van der Waals surface area (Å²) in [5, 5.41) is 0. The Labute approximate surface area is 180 Å². The van der Waals surface area contributed by atoms with Crippen molar-refractivity contribution < 1.29 is 42.9 Å². The molecule has 1 aromatic carbocycles. The van der Waals surface area contributed by atoms with Crippen LogP contribution in [0, 0.1) is 0 Å². The average Bonchev–Trinajstić information content (AvgIpc) is 2.59. The lowest BCUT2D eigenvalue weighted by Crippen LogP contribution is -2.37. The molecule has 31 heavy (non-hydrogen) atoms. The summed E-state index contributed by atoms with van der Waals surface area (Å²) in [4.78, 5) is 46.3. The quantitative estimate of drug-likeness (QED) is 0.474. The molecule has 10 heteroatoms. The third kappa shape index (κ3) is 10.4. The zero-order valence-corrected chi connectivity index (χ0v) is 18.6. The third-order valence-electron chi connectivity index (χ3n) is 3.42. The lowest BCUT2D eigenvalue weighted by molar-refractivity contribution is -0.152. The molecule has 10 nitrogen and oxygen atoms in total. The van der Waals surface area contributed by atoms with Crippen molar-refractivity contribution in [2.75, 3.05) is 6.61 Å². The lowest BCUT2D eigenvalue weighted by atomic mass is 10.1. The van der Waals surface area contributed by atoms with E-state index in [2.05, 4.69) is 0 Å². The van der Waals surface area contributed by atoms with E-state index in [4.69, 9.17) is 29.4 Å². The van der Waals surface area contributed by atoms with E-state index in [1.807, 2.05) is 0 Å². The van der Waals surface area contributed by atoms with Crippen LogP contribution >= 0.6 is 0 Å². The summed E-state index contributed by atoms with van der Waals surface area (Å²) in [5.41, 5.74) is 5.76. The standard InChI is InChI=1S/C21H29NO9/c1-12(11-27-20(26)31-21(4,5)6)28-19(25)16(22)9-15-7-8-17(29-13(2)23)18(10-15)30-14(3)24/h7-8,10,12,16H,9,11,22H2,1-6H3/t12-,16-/m0/s1. The second-order valence-electron chi connectivity index (χ2n) is 7.80. The van der Waals surface area contributed by atoms with Crippen molar-refractivity contribution >= 4 is 24.1 Å². The van der Waals surface area contributed by atoms with Crippen LogP contribution in [0.5, 0.6) is 11.5 Å². The summed E-state index contributed by atoms with van der Waals surface area (Å²) in [6, 6.07) is 3.42. The van der Waals surface area contributed by atoms with Crippen LogP contribution in [-0.2, 0) is 35.0 Å². The van der Waals surface area contributed by atoms with E-state index in [0.29, 0.717) is 5.56 Å². The molecule has 2 atom stereocenters. The molecule has 2 N–H and O–H groups in total. The van der Waals surface area contributed by atoms with Crippen LogP contribution in [0.1, 0.15) is 47.1 Å². The minimum atomic E-state index is -1.03. The molecule has 172 valence electrons. The molecule has 0 aliphatic heterocycles. The van der Waals surface area contributed by atoms with Crippen LogP contribution in [0.3, 0.4) is 0 Å². The van der Waals surface area contributed by atoms with Crippen LogP contribution in [0.15, 0.2) is 18.2 Å². The highest BCUT2D eigenvalue weighted by Gasteiger charge is 2.22. The van der Waals surface area contributed by atoms with Gasteiger partial charge in [0.2, 0.25) is 0 Å². The van der Waals surface area contributed by atoms with Gasteiger partial charge in [-0.3, -0.25) is 14.4 Å². The first-order valence-electron chi connectivity index (χ1n) is 9.58. The minimum Gasteiger partial charge on any atom is -0.458 e. The number of hydrogen-bond acceptors (Lipinski definition) is 10. The largest absolute Gasteiger partial charge is 0.508 e. The maximum atomic E-state index is 12.2. The van der Waals surface area contributed by atoms with Crippen molar-refractivity contribution in [3.63, 3.8) is 0 Å². The number of hydrogen-bond donors (Lipinski definition) is 1. The fraction of sp³-hybridized carbons (Fsp3) is 0.524. The maximum absolute atomic E-state index is 12.2. The number of nitrogens with two attached hydrogens (primary N) is 1. The van der Waals surface area contributed by atoms with Crippen molar-refractivity contribution in [1.82, 2.24) is 0 Å². The zero-order chi connectivity index (χ0) is 23.8. The fourth-order valence-corrected chi connectivity index (χ4v) is 2.28. The van der Waals surface area contributed by atoms with Crippen LogP contribution in [-0.4, -0.2) is 48.4 Å². The molecule has 0 amide bonds. The second kappa shape index (κ2) is 11.3. The molecule has 0 unspecified atom stereocenters. The van der Waals surface area contributed by atoms with Crippen molar-refractivity contribution in [3.05, 3.63) is 23.8 Å². The maximum Gasteiger partial charge on any atom is 0.508 e. The van der Waals surface area contributed by atoms with E-state index in [0.717, 1.165) is 0 Å². The van der Waals surface area contributed by atoms with Gasteiger partial charge in [-0.1, -0.05) is 6.07 Å². The Kier molecular flexibility index (Phi) is 9.44. The first-order valence-corrected chi connectivity index (χ1v) is 9.58. The lowest BCUT2D eigenvalue weighted by Gasteiger charge is -2.20. The zero-order valence-electron chi connectivity index (χ0n) is 18.6. The first-order chi connectivity index (χ1) is 14.3. The number of carbonyl (C=O) groups is 4. The van der Waals surface area contributed by atoms with Gasteiger partial charge in [0.15, 0.2) is 11.5 Å². The summed E-state index contributed by atoms with van der Waals surface area (Å²) < 4.78 is 25.1. The molecule has 1 aromatic rings. The van der Waals surface area contributed by atoms with Crippen molar-refractivity contribution in [2.24, 2.45) is 5.73 Å². The Bertz CT molecular complexity index is 814. The average molecular weight is 439 g/mol. The van der Waals surface area contributed by atoms with E-state index < -0.39 is 41.8 Å². The number of ether oxygens (including phenoxy) is 5. The van der Waals surface area contributed by atoms with E-state index >= 15 is 0 Å². The Morgan fingerprint density at radius 2 is 1.58 bits per heavy atom. The van der Waals surface area contributed by atoms with Crippen molar-refractivity contribution in [1.29, 1.82) is 0 Å². The van der Waals surface area contributed by atoms with Gasteiger partial charge in [-0.05, 0) is 51.8 Å². The van der Waals surface area contributed by atoms with E-state index in [1.54, 1.807) is 33.8 Å². The SMILES string of the molecule is CC(=O)Oc1ccc(C[C@H](N)C(=O)O[C@@H](C)COC(=O)OC(C)(C)C)cc1OC(C)=O. The van der Waals surface area contributed by atoms with Crippen LogP contribution in [0.2, 0.25) is 0 Å². The predicted molar refractivity (Wildman–Crippen MR) is 108 cm³/mol. The molecule has 0 spiro atoms. The van der Waals surface area contributed by atoms with Gasteiger partial charge in [-0.15, -0.1) is 0 Å². The van der Waals surface area contributed by atoms with Gasteiger partial charge in [0.1, 0.15) is 24.4 Å². The Balaban J connectivity index is 2.67. The van der Waals surface area contributed by atoms with E-state index in [1.165, 1.54) is 26.0 Å². The molecule has 0 aromatic heterocycles. The molecule has 0 fully saturated rings. The summed E-state index contributed by atoms with van der Waals surface area (Å²) in [6.45, 7) is 8.86. The van der Waals surface area contributed by atoms with E-state index in [9.17, 15) is 19.2 Å². The van der Waals surface area contributed by atoms with Crippen LogP contribution in [0.4, 0.5) is 4.79 Å². The molecular weight excluding hydrogens is 410 g/mol. The number of rotatable bonds is 8. The van der Waals surface area contributed by atoms with Crippen LogP contribution in [0.25, 0.3) is 0 Å². The molecule has 0 aliphatic rings. The third-order valence-corrected chi connectivity index (χ3v) is 3.42. The predicted octanol–water partition coefficient (Wildman–Crippen LogP) is 2.29. The molecule has 1 rings (SSSR count). The molecule has 0 heterocycles. The van der Waals surface area contributed by atoms with Gasteiger partial charge in [0.25, 0.3) is 0 Å². The fourth-order valence-electron chi connectivity index (χ4n) is 2.28. The molecule has 0 aliphatic carbocycles. The van der Waals surface area contributed by atoms with E-state index in [-0.39, 0.29) is 24.5 Å². The molecule has 0 radical (unpaired) electrons. The Morgan fingerprint density at radius 3 is 2.13 bits per heavy atom. The monoisotopic (exact) mass is 439 g/mol. The van der Waals surface area contributed by atoms with Crippen molar-refractivity contribution in [3.8, 4) is 11.5 Å².